The average molecular weight is 287 g/mol. The van der Waals surface area contributed by atoms with E-state index in [0.717, 1.165) is 16.0 Å². The molecule has 0 saturated carbocycles. The molecule has 2 unspecified atom stereocenters. The second-order valence-corrected chi connectivity index (χ2v) is 6.79. The zero-order valence-electron chi connectivity index (χ0n) is 12.2. The van der Waals surface area contributed by atoms with Gasteiger partial charge in [-0.25, -0.2) is 0 Å². The lowest BCUT2D eigenvalue weighted by Crippen LogP contribution is -2.19. The van der Waals surface area contributed by atoms with Gasteiger partial charge in [-0.1, -0.05) is 35.9 Å². The molecule has 2 atom stereocenters. The third-order valence-electron chi connectivity index (χ3n) is 3.41. The quantitative estimate of drug-likeness (QED) is 0.936. The highest BCUT2D eigenvalue weighted by molar-refractivity contribution is 7.85. The molecular weight excluding hydrogens is 266 g/mol. The lowest BCUT2D eigenvalue weighted by molar-refractivity contribution is 0.675. The Morgan fingerprint density at radius 1 is 1.05 bits per heavy atom. The number of hydrogen-bond acceptors (Lipinski definition) is 2. The van der Waals surface area contributed by atoms with Crippen molar-refractivity contribution in [1.82, 2.24) is 0 Å². The molecule has 2 nitrogen and oxygen atoms in total. The Morgan fingerprint density at radius 2 is 1.75 bits per heavy atom. The maximum Gasteiger partial charge on any atom is 0.0548 e. The van der Waals surface area contributed by atoms with Gasteiger partial charge in [0.1, 0.15) is 0 Å². The summed E-state index contributed by atoms with van der Waals surface area (Å²) >= 11 is 0. The summed E-state index contributed by atoms with van der Waals surface area (Å²) in [5, 5.41) is 0. The van der Waals surface area contributed by atoms with E-state index in [1.807, 2.05) is 37.3 Å². The third kappa shape index (κ3) is 3.56. The van der Waals surface area contributed by atoms with Crippen LogP contribution in [0.5, 0.6) is 0 Å². The minimum Gasteiger partial charge on any atom is -0.323 e. The first-order valence-electron chi connectivity index (χ1n) is 6.75. The molecule has 0 spiro atoms. The monoisotopic (exact) mass is 287 g/mol. The van der Waals surface area contributed by atoms with Crippen LogP contribution in [0.25, 0.3) is 0 Å². The van der Waals surface area contributed by atoms with Gasteiger partial charge in [0.2, 0.25) is 0 Å². The van der Waals surface area contributed by atoms with E-state index in [-0.39, 0.29) is 6.04 Å². The SMILES string of the molecule is Cc1cccc(S(=O)CC(N)c2ccc(C)cc2C)c1. The van der Waals surface area contributed by atoms with Crippen LogP contribution in [0.3, 0.4) is 0 Å². The van der Waals surface area contributed by atoms with E-state index in [4.69, 9.17) is 5.73 Å². The highest BCUT2D eigenvalue weighted by Gasteiger charge is 2.14. The lowest BCUT2D eigenvalue weighted by Gasteiger charge is -2.15. The fourth-order valence-corrected chi connectivity index (χ4v) is 3.59. The van der Waals surface area contributed by atoms with E-state index >= 15 is 0 Å². The number of aryl methyl sites for hydroxylation is 3. The molecule has 0 saturated heterocycles. The van der Waals surface area contributed by atoms with E-state index in [1.165, 1.54) is 11.1 Å². The van der Waals surface area contributed by atoms with Crippen molar-refractivity contribution in [2.24, 2.45) is 5.73 Å². The van der Waals surface area contributed by atoms with E-state index < -0.39 is 10.8 Å². The largest absolute Gasteiger partial charge is 0.323 e. The first kappa shape index (κ1) is 14.9. The Morgan fingerprint density at radius 3 is 2.40 bits per heavy atom. The zero-order chi connectivity index (χ0) is 14.7. The van der Waals surface area contributed by atoms with Crippen LogP contribution < -0.4 is 5.73 Å². The van der Waals surface area contributed by atoms with Gasteiger partial charge in [-0.05, 0) is 49.6 Å². The van der Waals surface area contributed by atoms with Crippen LogP contribution in [0.15, 0.2) is 47.4 Å². The normalized spacial score (nSPS) is 14.0. The van der Waals surface area contributed by atoms with Gasteiger partial charge in [0.15, 0.2) is 0 Å². The van der Waals surface area contributed by atoms with Gasteiger partial charge in [-0.2, -0.15) is 0 Å². The molecule has 0 aliphatic carbocycles. The number of rotatable bonds is 4. The minimum atomic E-state index is -1.06. The highest BCUT2D eigenvalue weighted by atomic mass is 32.2. The van der Waals surface area contributed by atoms with Crippen molar-refractivity contribution in [1.29, 1.82) is 0 Å². The van der Waals surface area contributed by atoms with Crippen LogP contribution in [0, 0.1) is 20.8 Å². The molecule has 0 aliphatic rings. The zero-order valence-corrected chi connectivity index (χ0v) is 13.0. The second-order valence-electron chi connectivity index (χ2n) is 5.30. The van der Waals surface area contributed by atoms with Crippen molar-refractivity contribution in [2.45, 2.75) is 31.7 Å². The summed E-state index contributed by atoms with van der Waals surface area (Å²) in [5.41, 5.74) is 10.8. The fourth-order valence-electron chi connectivity index (χ4n) is 2.35. The van der Waals surface area contributed by atoms with E-state index in [9.17, 15) is 4.21 Å². The van der Waals surface area contributed by atoms with Gasteiger partial charge >= 0.3 is 0 Å². The molecule has 3 heteroatoms. The molecule has 0 bridgehead atoms. The van der Waals surface area contributed by atoms with Crippen molar-refractivity contribution in [3.05, 3.63) is 64.7 Å². The summed E-state index contributed by atoms with van der Waals surface area (Å²) in [5.74, 6) is 0.452. The Labute approximate surface area is 123 Å². The Kier molecular flexibility index (Phi) is 4.73. The maximum atomic E-state index is 12.4. The van der Waals surface area contributed by atoms with Gasteiger partial charge in [-0.3, -0.25) is 4.21 Å². The molecule has 2 N–H and O–H groups in total. The van der Waals surface area contributed by atoms with Crippen LogP contribution in [0.1, 0.15) is 28.3 Å². The van der Waals surface area contributed by atoms with Crippen LogP contribution in [0.2, 0.25) is 0 Å². The first-order chi connectivity index (χ1) is 9.47. The van der Waals surface area contributed by atoms with Gasteiger partial charge in [0.25, 0.3) is 0 Å². The summed E-state index contributed by atoms with van der Waals surface area (Å²) in [6, 6.07) is 13.8. The lowest BCUT2D eigenvalue weighted by atomic mass is 10.0. The molecule has 0 fully saturated rings. The molecule has 0 amide bonds. The van der Waals surface area contributed by atoms with Gasteiger partial charge in [0.05, 0.1) is 10.8 Å². The molecule has 2 aromatic rings. The van der Waals surface area contributed by atoms with E-state index in [2.05, 4.69) is 26.0 Å². The molecule has 20 heavy (non-hydrogen) atoms. The van der Waals surface area contributed by atoms with Crippen LogP contribution in [-0.4, -0.2) is 9.96 Å². The summed E-state index contributed by atoms with van der Waals surface area (Å²) in [6.45, 7) is 6.12. The Bertz CT molecular complexity index is 637. The number of nitrogens with two attached hydrogens (primary N) is 1. The van der Waals surface area contributed by atoms with Crippen molar-refractivity contribution < 1.29 is 4.21 Å². The molecule has 2 aromatic carbocycles. The second kappa shape index (κ2) is 6.33. The van der Waals surface area contributed by atoms with Gasteiger partial charge < -0.3 is 5.73 Å². The predicted octanol–water partition coefficient (Wildman–Crippen LogP) is 3.42. The summed E-state index contributed by atoms with van der Waals surface area (Å²) < 4.78 is 12.4. The highest BCUT2D eigenvalue weighted by Crippen LogP contribution is 2.20. The summed E-state index contributed by atoms with van der Waals surface area (Å²) in [7, 11) is -1.06. The van der Waals surface area contributed by atoms with Crippen LogP contribution in [-0.2, 0) is 10.8 Å². The van der Waals surface area contributed by atoms with E-state index in [0.29, 0.717) is 5.75 Å². The van der Waals surface area contributed by atoms with Crippen molar-refractivity contribution in [2.75, 3.05) is 5.75 Å². The van der Waals surface area contributed by atoms with Crippen molar-refractivity contribution in [3.8, 4) is 0 Å². The third-order valence-corrected chi connectivity index (χ3v) is 4.85. The summed E-state index contributed by atoms with van der Waals surface area (Å²) in [6.07, 6.45) is 0. The number of benzene rings is 2. The van der Waals surface area contributed by atoms with Gasteiger partial charge in [0, 0.05) is 16.7 Å². The predicted molar refractivity (Wildman–Crippen MR) is 85.3 cm³/mol. The molecule has 0 aliphatic heterocycles. The van der Waals surface area contributed by atoms with Crippen molar-refractivity contribution in [3.63, 3.8) is 0 Å². The smallest absolute Gasteiger partial charge is 0.0548 e. The molecule has 0 aromatic heterocycles. The van der Waals surface area contributed by atoms with Crippen LogP contribution in [0.4, 0.5) is 0 Å². The van der Waals surface area contributed by atoms with Gasteiger partial charge in [-0.15, -0.1) is 0 Å². The van der Waals surface area contributed by atoms with Crippen LogP contribution >= 0.6 is 0 Å². The molecule has 2 rings (SSSR count). The fraction of sp³-hybridized carbons (Fsp3) is 0.294. The van der Waals surface area contributed by atoms with Crippen molar-refractivity contribution >= 4 is 10.8 Å². The topological polar surface area (TPSA) is 43.1 Å². The average Bonchev–Trinajstić information content (AvgIpc) is 2.38. The summed E-state index contributed by atoms with van der Waals surface area (Å²) in [4.78, 5) is 0.852. The molecule has 0 heterocycles. The molecule has 106 valence electrons. The first-order valence-corrected chi connectivity index (χ1v) is 8.07. The molecular formula is C17H21NOS. The molecule has 0 radical (unpaired) electrons. The number of hydrogen-bond donors (Lipinski definition) is 1. The Balaban J connectivity index is 2.15. The van der Waals surface area contributed by atoms with E-state index in [1.54, 1.807) is 0 Å². The Hall–Kier alpha value is -1.45. The minimum absolute atomic E-state index is 0.197. The maximum absolute atomic E-state index is 12.4. The standard InChI is InChI=1S/C17H21NOS/c1-12-5-4-6-15(10-12)20(19)11-17(18)16-8-7-13(2)9-14(16)3/h4-10,17H,11,18H2,1-3H3.